The average Bonchev–Trinajstić information content (AvgIpc) is 2.69. The number of halogens is 1. The standard InChI is InChI=1S/C19H21FN2O4S/c1-14(15-5-3-2-4-6-15)21-19(23)16-7-8-17(20)18(13-16)27(24,25)22-9-11-26-12-10-22/h2-8,13-14H,9-12H2,1H3,(H,21,23)/t14-/m0/s1. The molecule has 3 rings (SSSR count). The fraction of sp³-hybridized carbons (Fsp3) is 0.316. The van der Waals surface area contributed by atoms with Crippen molar-refractivity contribution < 1.29 is 22.3 Å². The van der Waals surface area contributed by atoms with E-state index in [2.05, 4.69) is 5.32 Å². The van der Waals surface area contributed by atoms with E-state index < -0.39 is 26.6 Å². The molecule has 0 bridgehead atoms. The van der Waals surface area contributed by atoms with Gasteiger partial charge < -0.3 is 10.1 Å². The number of rotatable bonds is 5. The normalized spacial score (nSPS) is 16.7. The quantitative estimate of drug-likeness (QED) is 0.848. The van der Waals surface area contributed by atoms with Gasteiger partial charge in [-0.15, -0.1) is 0 Å². The predicted octanol–water partition coefficient (Wildman–Crippen LogP) is 2.34. The Morgan fingerprint density at radius 3 is 2.48 bits per heavy atom. The van der Waals surface area contributed by atoms with E-state index in [0.717, 1.165) is 17.7 Å². The van der Waals surface area contributed by atoms with Gasteiger partial charge in [-0.25, -0.2) is 12.8 Å². The number of amides is 1. The first-order valence-corrected chi connectivity index (χ1v) is 10.1. The zero-order valence-corrected chi connectivity index (χ0v) is 15.7. The number of carbonyl (C=O) groups excluding carboxylic acids is 1. The molecule has 1 saturated heterocycles. The maximum atomic E-state index is 14.2. The summed E-state index contributed by atoms with van der Waals surface area (Å²) in [5.74, 6) is -1.35. The molecule has 0 spiro atoms. The molecular formula is C19H21FN2O4S. The van der Waals surface area contributed by atoms with Crippen molar-refractivity contribution in [2.24, 2.45) is 0 Å². The Balaban J connectivity index is 1.83. The second kappa shape index (κ2) is 8.16. The average molecular weight is 392 g/mol. The van der Waals surface area contributed by atoms with Gasteiger partial charge in [0.2, 0.25) is 10.0 Å². The van der Waals surface area contributed by atoms with Crippen molar-refractivity contribution in [2.45, 2.75) is 17.9 Å². The molecule has 0 unspecified atom stereocenters. The van der Waals surface area contributed by atoms with E-state index in [1.54, 1.807) is 0 Å². The first-order valence-electron chi connectivity index (χ1n) is 8.63. The second-order valence-electron chi connectivity index (χ2n) is 6.27. The van der Waals surface area contributed by atoms with Crippen LogP contribution in [0.1, 0.15) is 28.9 Å². The lowest BCUT2D eigenvalue weighted by Gasteiger charge is -2.26. The van der Waals surface area contributed by atoms with Crippen LogP contribution < -0.4 is 5.32 Å². The van der Waals surface area contributed by atoms with Gasteiger partial charge in [0.15, 0.2) is 0 Å². The summed E-state index contributed by atoms with van der Waals surface area (Å²) in [6.45, 7) is 2.65. The summed E-state index contributed by atoms with van der Waals surface area (Å²) in [5, 5.41) is 2.80. The Bertz CT molecular complexity index is 913. The molecule has 144 valence electrons. The maximum absolute atomic E-state index is 14.2. The van der Waals surface area contributed by atoms with Crippen molar-refractivity contribution in [1.82, 2.24) is 9.62 Å². The number of nitrogens with one attached hydrogen (secondary N) is 1. The number of hydrogen-bond acceptors (Lipinski definition) is 4. The molecule has 0 radical (unpaired) electrons. The Labute approximate surface area is 158 Å². The van der Waals surface area contributed by atoms with E-state index in [0.29, 0.717) is 0 Å². The molecule has 1 amide bonds. The number of ether oxygens (including phenoxy) is 1. The largest absolute Gasteiger partial charge is 0.379 e. The molecule has 1 N–H and O–H groups in total. The predicted molar refractivity (Wildman–Crippen MR) is 98.3 cm³/mol. The third-order valence-corrected chi connectivity index (χ3v) is 6.34. The molecule has 2 aromatic carbocycles. The van der Waals surface area contributed by atoms with Crippen molar-refractivity contribution in [1.29, 1.82) is 0 Å². The lowest BCUT2D eigenvalue weighted by atomic mass is 10.1. The van der Waals surface area contributed by atoms with Gasteiger partial charge in [0, 0.05) is 18.7 Å². The zero-order valence-electron chi connectivity index (χ0n) is 14.9. The van der Waals surface area contributed by atoms with Gasteiger partial charge >= 0.3 is 0 Å². The Kier molecular flexibility index (Phi) is 5.88. The summed E-state index contributed by atoms with van der Waals surface area (Å²) in [7, 11) is -4.03. The molecule has 27 heavy (non-hydrogen) atoms. The van der Waals surface area contributed by atoms with Crippen LogP contribution in [0.3, 0.4) is 0 Å². The topological polar surface area (TPSA) is 75.7 Å². The van der Waals surface area contributed by atoms with E-state index >= 15 is 0 Å². The Morgan fingerprint density at radius 2 is 1.81 bits per heavy atom. The minimum atomic E-state index is -4.03. The molecule has 1 aliphatic rings. The van der Waals surface area contributed by atoms with Crippen molar-refractivity contribution in [3.63, 3.8) is 0 Å². The molecular weight excluding hydrogens is 371 g/mol. The number of morpholine rings is 1. The molecule has 0 aliphatic carbocycles. The van der Waals surface area contributed by atoms with Gasteiger partial charge in [0.25, 0.3) is 5.91 Å². The summed E-state index contributed by atoms with van der Waals surface area (Å²) in [4.78, 5) is 12.0. The van der Waals surface area contributed by atoms with Crippen LogP contribution in [0.2, 0.25) is 0 Å². The number of carbonyl (C=O) groups is 1. The molecule has 0 saturated carbocycles. The van der Waals surface area contributed by atoms with Crippen molar-refractivity contribution in [3.05, 3.63) is 65.5 Å². The highest BCUT2D eigenvalue weighted by Gasteiger charge is 2.29. The van der Waals surface area contributed by atoms with Crippen LogP contribution in [0.4, 0.5) is 4.39 Å². The van der Waals surface area contributed by atoms with Gasteiger partial charge in [0.1, 0.15) is 10.7 Å². The van der Waals surface area contributed by atoms with E-state index in [4.69, 9.17) is 4.74 Å². The zero-order chi connectivity index (χ0) is 19.4. The van der Waals surface area contributed by atoms with Crippen LogP contribution in [0.5, 0.6) is 0 Å². The van der Waals surface area contributed by atoms with Gasteiger partial charge in [0.05, 0.1) is 19.3 Å². The molecule has 1 fully saturated rings. The Morgan fingerprint density at radius 1 is 1.15 bits per heavy atom. The van der Waals surface area contributed by atoms with E-state index in [1.807, 2.05) is 37.3 Å². The first kappa shape index (κ1) is 19.5. The molecule has 8 heteroatoms. The number of nitrogens with zero attached hydrogens (tertiary/aromatic N) is 1. The third-order valence-electron chi connectivity index (χ3n) is 4.43. The first-order chi connectivity index (χ1) is 12.9. The summed E-state index contributed by atoms with van der Waals surface area (Å²) >= 11 is 0. The number of sulfonamides is 1. The summed E-state index contributed by atoms with van der Waals surface area (Å²) in [5.41, 5.74) is 1.00. The van der Waals surface area contributed by atoms with E-state index in [1.165, 1.54) is 10.4 Å². The van der Waals surface area contributed by atoms with Crippen LogP contribution in [0.15, 0.2) is 53.4 Å². The highest BCUT2D eigenvalue weighted by Crippen LogP contribution is 2.22. The molecule has 1 heterocycles. The summed E-state index contributed by atoms with van der Waals surface area (Å²) in [6, 6.07) is 12.5. The van der Waals surface area contributed by atoms with Crippen molar-refractivity contribution in [3.8, 4) is 0 Å². The molecule has 1 aliphatic heterocycles. The summed E-state index contributed by atoms with van der Waals surface area (Å²) < 4.78 is 46.0. The monoisotopic (exact) mass is 392 g/mol. The minimum absolute atomic E-state index is 0.0889. The summed E-state index contributed by atoms with van der Waals surface area (Å²) in [6.07, 6.45) is 0. The molecule has 2 aromatic rings. The fourth-order valence-electron chi connectivity index (χ4n) is 2.87. The van der Waals surface area contributed by atoms with Crippen molar-refractivity contribution in [2.75, 3.05) is 26.3 Å². The maximum Gasteiger partial charge on any atom is 0.251 e. The van der Waals surface area contributed by atoms with Gasteiger partial charge in [-0.3, -0.25) is 4.79 Å². The van der Waals surface area contributed by atoms with Crippen LogP contribution in [0.25, 0.3) is 0 Å². The minimum Gasteiger partial charge on any atom is -0.379 e. The van der Waals surface area contributed by atoms with E-state index in [9.17, 15) is 17.6 Å². The Hall–Kier alpha value is -2.29. The van der Waals surface area contributed by atoms with E-state index in [-0.39, 0.29) is 37.9 Å². The SMILES string of the molecule is C[C@H](NC(=O)c1ccc(F)c(S(=O)(=O)N2CCOCC2)c1)c1ccccc1. The number of hydrogen-bond donors (Lipinski definition) is 1. The number of benzene rings is 2. The van der Waals surface area contributed by atoms with Crippen LogP contribution in [-0.4, -0.2) is 44.9 Å². The third kappa shape index (κ3) is 4.35. The fourth-order valence-corrected chi connectivity index (χ4v) is 4.37. The molecule has 1 atom stereocenters. The molecule has 6 nitrogen and oxygen atoms in total. The van der Waals surface area contributed by atoms with Gasteiger partial charge in [-0.2, -0.15) is 4.31 Å². The molecule has 0 aromatic heterocycles. The van der Waals surface area contributed by atoms with Crippen LogP contribution in [-0.2, 0) is 14.8 Å². The van der Waals surface area contributed by atoms with Gasteiger partial charge in [-0.1, -0.05) is 30.3 Å². The second-order valence-corrected chi connectivity index (χ2v) is 8.17. The van der Waals surface area contributed by atoms with Crippen molar-refractivity contribution >= 4 is 15.9 Å². The smallest absolute Gasteiger partial charge is 0.251 e. The lowest BCUT2D eigenvalue weighted by Crippen LogP contribution is -2.41. The van der Waals surface area contributed by atoms with Gasteiger partial charge in [-0.05, 0) is 30.7 Å². The van der Waals surface area contributed by atoms with Crippen LogP contribution >= 0.6 is 0 Å². The highest BCUT2D eigenvalue weighted by atomic mass is 32.2. The lowest BCUT2D eigenvalue weighted by molar-refractivity contribution is 0.0729. The van der Waals surface area contributed by atoms with Crippen LogP contribution in [0, 0.1) is 5.82 Å². The highest BCUT2D eigenvalue weighted by molar-refractivity contribution is 7.89.